The number of aromatic amines is 1. The highest BCUT2D eigenvalue weighted by Crippen LogP contribution is 2.14. The van der Waals surface area contributed by atoms with Crippen molar-refractivity contribution in [3.63, 3.8) is 0 Å². The second-order valence-corrected chi connectivity index (χ2v) is 7.89. The highest BCUT2D eigenvalue weighted by atomic mass is 16.1. The number of anilines is 2. The van der Waals surface area contributed by atoms with Crippen LogP contribution in [0.2, 0.25) is 0 Å². The van der Waals surface area contributed by atoms with Crippen molar-refractivity contribution in [2.75, 3.05) is 10.6 Å². The van der Waals surface area contributed by atoms with E-state index in [0.29, 0.717) is 35.9 Å². The molecule has 8 heteroatoms. The van der Waals surface area contributed by atoms with Gasteiger partial charge in [0.25, 0.3) is 11.3 Å². The Morgan fingerprint density at radius 1 is 1.03 bits per heavy atom. The molecule has 2 aromatic heterocycles. The smallest absolute Gasteiger partial charge is 0.277 e. The van der Waals surface area contributed by atoms with Gasteiger partial charge in [0.15, 0.2) is 0 Å². The molecule has 2 aromatic carbocycles. The average molecular weight is 431 g/mol. The normalized spacial score (nSPS) is 11.0. The Hall–Kier alpha value is -3.94. The number of fused-ring (bicyclic) bond motifs is 1. The van der Waals surface area contributed by atoms with E-state index in [9.17, 15) is 9.59 Å². The Bertz CT molecular complexity index is 1320. The summed E-state index contributed by atoms with van der Waals surface area (Å²) in [5, 5.41) is 9.05. The monoisotopic (exact) mass is 430 g/mol. The van der Waals surface area contributed by atoms with Crippen LogP contribution in [0.1, 0.15) is 34.4 Å². The predicted molar refractivity (Wildman–Crippen MR) is 125 cm³/mol. The second kappa shape index (κ2) is 9.05. The number of benzene rings is 2. The van der Waals surface area contributed by atoms with Crippen molar-refractivity contribution in [2.24, 2.45) is 0 Å². The Morgan fingerprint density at radius 2 is 1.78 bits per heavy atom. The fourth-order valence-electron chi connectivity index (χ4n) is 3.48. The van der Waals surface area contributed by atoms with E-state index in [4.69, 9.17) is 0 Å². The number of aromatic nitrogens is 4. The number of hydrogen-bond acceptors (Lipinski definition) is 5. The first-order chi connectivity index (χ1) is 15.4. The molecule has 0 radical (unpaired) electrons. The maximum absolute atomic E-state index is 13.0. The Labute approximate surface area is 185 Å². The number of nitrogens with zero attached hydrogens (tertiary/aromatic N) is 3. The van der Waals surface area contributed by atoms with E-state index in [2.05, 4.69) is 25.7 Å². The van der Waals surface area contributed by atoms with Crippen LogP contribution in [0.3, 0.4) is 0 Å². The quantitative estimate of drug-likeness (QED) is 0.416. The van der Waals surface area contributed by atoms with Gasteiger partial charge in [-0.25, -0.2) is 4.98 Å². The fourth-order valence-corrected chi connectivity index (χ4v) is 3.48. The van der Waals surface area contributed by atoms with Crippen molar-refractivity contribution in [3.8, 4) is 0 Å². The summed E-state index contributed by atoms with van der Waals surface area (Å²) < 4.78 is 1.32. The molecule has 0 aliphatic heterocycles. The topological polar surface area (TPSA) is 104 Å². The largest absolute Gasteiger partial charge is 0.351 e. The third-order valence-corrected chi connectivity index (χ3v) is 5.40. The Morgan fingerprint density at radius 3 is 2.53 bits per heavy atom. The number of aryl methyl sites for hydroxylation is 3. The van der Waals surface area contributed by atoms with Crippen LogP contribution in [0.4, 0.5) is 11.6 Å². The molecule has 0 atom stereocenters. The Balaban J connectivity index is 1.46. The number of nitrogens with one attached hydrogen (secondary N) is 3. The molecular weight excluding hydrogens is 404 g/mol. The van der Waals surface area contributed by atoms with Crippen LogP contribution in [0.15, 0.2) is 53.3 Å². The molecular formula is C24H26N6O2. The highest BCUT2D eigenvalue weighted by Gasteiger charge is 2.15. The van der Waals surface area contributed by atoms with Crippen molar-refractivity contribution in [3.05, 3.63) is 86.8 Å². The van der Waals surface area contributed by atoms with Gasteiger partial charge in [-0.15, -0.1) is 0 Å². The molecule has 0 saturated heterocycles. The summed E-state index contributed by atoms with van der Waals surface area (Å²) >= 11 is 0. The van der Waals surface area contributed by atoms with Gasteiger partial charge in [0, 0.05) is 24.2 Å². The Kier molecular flexibility index (Phi) is 6.02. The zero-order valence-electron chi connectivity index (χ0n) is 18.4. The summed E-state index contributed by atoms with van der Waals surface area (Å²) in [6.45, 7) is 6.32. The lowest BCUT2D eigenvalue weighted by atomic mass is 10.1. The number of amides is 1. The van der Waals surface area contributed by atoms with Gasteiger partial charge in [-0.1, -0.05) is 48.0 Å². The summed E-state index contributed by atoms with van der Waals surface area (Å²) in [5.41, 5.74) is 4.90. The van der Waals surface area contributed by atoms with Crippen molar-refractivity contribution >= 4 is 23.3 Å². The second-order valence-electron chi connectivity index (χ2n) is 7.89. The molecule has 0 bridgehead atoms. The van der Waals surface area contributed by atoms with E-state index in [1.165, 1.54) is 10.1 Å². The number of para-hydroxylation sites is 1. The van der Waals surface area contributed by atoms with Gasteiger partial charge < -0.3 is 10.6 Å². The van der Waals surface area contributed by atoms with Gasteiger partial charge in [-0.2, -0.15) is 9.50 Å². The molecule has 4 aromatic rings. The summed E-state index contributed by atoms with van der Waals surface area (Å²) in [5.74, 6) is 0.615. The van der Waals surface area contributed by atoms with Gasteiger partial charge in [0.1, 0.15) is 0 Å². The summed E-state index contributed by atoms with van der Waals surface area (Å²) in [6, 6.07) is 15.8. The molecule has 0 unspecified atom stereocenters. The van der Waals surface area contributed by atoms with E-state index in [-0.39, 0.29) is 17.9 Å². The van der Waals surface area contributed by atoms with Gasteiger partial charge in [0.2, 0.25) is 11.9 Å². The molecule has 8 nitrogen and oxygen atoms in total. The van der Waals surface area contributed by atoms with Gasteiger partial charge in [-0.3, -0.25) is 14.7 Å². The minimum absolute atomic E-state index is 0.145. The summed E-state index contributed by atoms with van der Waals surface area (Å²) in [7, 11) is 0. The van der Waals surface area contributed by atoms with E-state index in [1.807, 2.05) is 62.4 Å². The number of H-pyrrole nitrogens is 1. The first-order valence-electron chi connectivity index (χ1n) is 10.5. The molecule has 1 amide bonds. The molecule has 32 heavy (non-hydrogen) atoms. The van der Waals surface area contributed by atoms with Crippen LogP contribution in [0.25, 0.3) is 5.78 Å². The van der Waals surface area contributed by atoms with Crippen molar-refractivity contribution in [2.45, 2.75) is 40.2 Å². The van der Waals surface area contributed by atoms with Crippen LogP contribution in [0.5, 0.6) is 0 Å². The third kappa shape index (κ3) is 4.69. The van der Waals surface area contributed by atoms with Gasteiger partial charge in [0.05, 0.1) is 5.69 Å². The predicted octanol–water partition coefficient (Wildman–Crippen LogP) is 3.53. The number of rotatable bonds is 7. The van der Waals surface area contributed by atoms with Gasteiger partial charge >= 0.3 is 0 Å². The molecule has 0 fully saturated rings. The summed E-state index contributed by atoms with van der Waals surface area (Å²) in [4.78, 5) is 34.2. The maximum atomic E-state index is 13.0. The number of carbonyl (C=O) groups excluding carboxylic acids is 1. The SMILES string of the molecule is Cc1ccc(CNc2nc3nc(C)c(CCC(=O)Nc4ccccc4C)c(=O)n3[nH]2)cc1. The molecule has 0 aliphatic carbocycles. The van der Waals surface area contributed by atoms with Crippen LogP contribution in [0, 0.1) is 20.8 Å². The molecule has 0 saturated carbocycles. The fraction of sp³-hybridized carbons (Fsp3) is 0.250. The van der Waals surface area contributed by atoms with Gasteiger partial charge in [-0.05, 0) is 44.4 Å². The first kappa shape index (κ1) is 21.3. The van der Waals surface area contributed by atoms with Crippen molar-refractivity contribution in [1.82, 2.24) is 19.6 Å². The average Bonchev–Trinajstić information content (AvgIpc) is 3.18. The zero-order chi connectivity index (χ0) is 22.7. The molecule has 164 valence electrons. The minimum Gasteiger partial charge on any atom is -0.351 e. The molecule has 4 rings (SSSR count). The van der Waals surface area contributed by atoms with E-state index >= 15 is 0 Å². The lowest BCUT2D eigenvalue weighted by Crippen LogP contribution is -2.23. The first-order valence-corrected chi connectivity index (χ1v) is 10.5. The van der Waals surface area contributed by atoms with Crippen molar-refractivity contribution in [1.29, 1.82) is 0 Å². The third-order valence-electron chi connectivity index (χ3n) is 5.40. The standard InChI is InChI=1S/C24H26N6O2/c1-15-8-10-18(11-9-15)14-25-23-28-24-26-17(3)19(22(32)30(24)29-23)12-13-21(31)27-20-7-5-4-6-16(20)2/h4-11H,12-14H2,1-3H3,(H,27,31)(H2,25,26,28,29). The van der Waals surface area contributed by atoms with Crippen LogP contribution in [-0.4, -0.2) is 25.5 Å². The van der Waals surface area contributed by atoms with E-state index in [1.54, 1.807) is 6.92 Å². The lowest BCUT2D eigenvalue weighted by Gasteiger charge is -2.08. The highest BCUT2D eigenvalue weighted by molar-refractivity contribution is 5.91. The minimum atomic E-state index is -0.243. The van der Waals surface area contributed by atoms with Crippen molar-refractivity contribution < 1.29 is 4.79 Å². The zero-order valence-corrected chi connectivity index (χ0v) is 18.4. The molecule has 0 spiro atoms. The van der Waals surface area contributed by atoms with Crippen LogP contribution in [-0.2, 0) is 17.8 Å². The molecule has 3 N–H and O–H groups in total. The number of hydrogen-bond donors (Lipinski definition) is 3. The lowest BCUT2D eigenvalue weighted by molar-refractivity contribution is -0.116. The maximum Gasteiger partial charge on any atom is 0.277 e. The van der Waals surface area contributed by atoms with E-state index < -0.39 is 0 Å². The van der Waals surface area contributed by atoms with Crippen LogP contribution < -0.4 is 16.2 Å². The number of carbonyl (C=O) groups is 1. The molecule has 2 heterocycles. The van der Waals surface area contributed by atoms with E-state index in [0.717, 1.165) is 16.8 Å². The van der Waals surface area contributed by atoms with Crippen LogP contribution >= 0.6 is 0 Å². The summed E-state index contributed by atoms with van der Waals surface area (Å²) in [6.07, 6.45) is 0.480. The molecule has 0 aliphatic rings.